The largest absolute Gasteiger partial charge is 0.356 e. The van der Waals surface area contributed by atoms with E-state index in [0.29, 0.717) is 41.6 Å². The summed E-state index contributed by atoms with van der Waals surface area (Å²) in [5, 5.41) is 10.6. The van der Waals surface area contributed by atoms with Gasteiger partial charge in [-0.3, -0.25) is 9.79 Å². The Bertz CT molecular complexity index is 586. The van der Waals surface area contributed by atoms with E-state index in [1.807, 2.05) is 6.07 Å². The number of nitrogens with one attached hydrogen (secondary N) is 3. The van der Waals surface area contributed by atoms with Crippen LogP contribution in [0, 0.1) is 0 Å². The molecule has 1 fully saturated rings. The highest BCUT2D eigenvalue weighted by Crippen LogP contribution is 2.20. The van der Waals surface area contributed by atoms with E-state index in [2.05, 4.69) is 20.9 Å². The normalized spacial score (nSPS) is 15.4. The fourth-order valence-electron chi connectivity index (χ4n) is 2.73. The molecule has 0 radical (unpaired) electrons. The van der Waals surface area contributed by atoms with Crippen LogP contribution < -0.4 is 16.0 Å². The number of benzene rings is 1. The lowest BCUT2D eigenvalue weighted by molar-refractivity contribution is -0.121. The summed E-state index contributed by atoms with van der Waals surface area (Å²) in [5.41, 5.74) is 0.933. The standard InChI is InChI=1S/C17H24Cl2N4O/c1-20-17(22-11-12-6-7-13(18)10-15(12)19)21-9-8-16(24)23-14-4-2-3-5-14/h6-7,10,14H,2-5,8-9,11H2,1H3,(H,23,24)(H2,20,21,22). The van der Waals surface area contributed by atoms with E-state index in [-0.39, 0.29) is 5.91 Å². The number of guanidine groups is 1. The third-order valence-electron chi connectivity index (χ3n) is 4.05. The molecule has 0 unspecified atom stereocenters. The number of carbonyl (C=O) groups is 1. The minimum absolute atomic E-state index is 0.0885. The second-order valence-corrected chi connectivity index (χ2v) is 6.73. The van der Waals surface area contributed by atoms with Crippen molar-refractivity contribution in [2.24, 2.45) is 4.99 Å². The average Bonchev–Trinajstić information content (AvgIpc) is 3.05. The molecular weight excluding hydrogens is 347 g/mol. The summed E-state index contributed by atoms with van der Waals surface area (Å²) in [6, 6.07) is 5.75. The molecule has 5 nitrogen and oxygen atoms in total. The monoisotopic (exact) mass is 370 g/mol. The summed E-state index contributed by atoms with van der Waals surface area (Å²) < 4.78 is 0. The Morgan fingerprint density at radius 2 is 2.00 bits per heavy atom. The fraction of sp³-hybridized carbons (Fsp3) is 0.529. The van der Waals surface area contributed by atoms with E-state index in [1.54, 1.807) is 19.2 Å². The zero-order valence-corrected chi connectivity index (χ0v) is 15.4. The predicted molar refractivity (Wildman–Crippen MR) is 99.7 cm³/mol. The number of halogens is 2. The molecule has 0 spiro atoms. The van der Waals surface area contributed by atoms with E-state index >= 15 is 0 Å². The summed E-state index contributed by atoms with van der Waals surface area (Å²) in [7, 11) is 1.69. The highest BCUT2D eigenvalue weighted by molar-refractivity contribution is 6.35. The second kappa shape index (κ2) is 9.74. The Morgan fingerprint density at radius 1 is 1.25 bits per heavy atom. The smallest absolute Gasteiger partial charge is 0.221 e. The van der Waals surface area contributed by atoms with Gasteiger partial charge in [0.1, 0.15) is 0 Å². The molecule has 0 bridgehead atoms. The zero-order valence-electron chi connectivity index (χ0n) is 13.9. The molecule has 1 aliphatic rings. The van der Waals surface area contributed by atoms with Crippen molar-refractivity contribution in [2.45, 2.75) is 44.7 Å². The van der Waals surface area contributed by atoms with Gasteiger partial charge in [0.2, 0.25) is 5.91 Å². The quantitative estimate of drug-likeness (QED) is 0.532. The third kappa shape index (κ3) is 6.21. The van der Waals surface area contributed by atoms with Crippen LogP contribution in [0.1, 0.15) is 37.7 Å². The summed E-state index contributed by atoms with van der Waals surface area (Å²) in [5.74, 6) is 0.722. The molecule has 24 heavy (non-hydrogen) atoms. The Labute approximate surface area is 153 Å². The van der Waals surface area contributed by atoms with Crippen molar-refractivity contribution < 1.29 is 4.79 Å². The third-order valence-corrected chi connectivity index (χ3v) is 4.64. The first-order valence-corrected chi connectivity index (χ1v) is 9.02. The van der Waals surface area contributed by atoms with Gasteiger partial charge in [-0.25, -0.2) is 0 Å². The summed E-state index contributed by atoms with van der Waals surface area (Å²) in [4.78, 5) is 16.0. The molecular formula is C17H24Cl2N4O. The molecule has 7 heteroatoms. The molecule has 1 aromatic carbocycles. The van der Waals surface area contributed by atoms with E-state index in [1.165, 1.54) is 12.8 Å². The first-order chi connectivity index (χ1) is 11.6. The maximum absolute atomic E-state index is 11.9. The molecule has 1 saturated carbocycles. The number of carbonyl (C=O) groups excluding carboxylic acids is 1. The molecule has 1 amide bonds. The van der Waals surface area contributed by atoms with Crippen LogP contribution in [0.3, 0.4) is 0 Å². The maximum Gasteiger partial charge on any atom is 0.221 e. The van der Waals surface area contributed by atoms with Gasteiger partial charge in [-0.2, -0.15) is 0 Å². The second-order valence-electron chi connectivity index (χ2n) is 5.89. The Hall–Kier alpha value is -1.46. The number of nitrogens with zero attached hydrogens (tertiary/aromatic N) is 1. The van der Waals surface area contributed by atoms with E-state index in [4.69, 9.17) is 23.2 Å². The van der Waals surface area contributed by atoms with Crippen molar-refractivity contribution in [1.29, 1.82) is 0 Å². The minimum atomic E-state index is 0.0885. The van der Waals surface area contributed by atoms with Gasteiger partial charge in [0.15, 0.2) is 5.96 Å². The molecule has 1 aromatic rings. The van der Waals surface area contributed by atoms with Gasteiger partial charge in [-0.05, 0) is 30.5 Å². The van der Waals surface area contributed by atoms with E-state index in [9.17, 15) is 4.79 Å². The predicted octanol–water partition coefficient (Wildman–Crippen LogP) is 3.11. The minimum Gasteiger partial charge on any atom is -0.356 e. The van der Waals surface area contributed by atoms with Crippen molar-refractivity contribution in [2.75, 3.05) is 13.6 Å². The number of hydrogen-bond donors (Lipinski definition) is 3. The van der Waals surface area contributed by atoms with Crippen molar-refractivity contribution in [1.82, 2.24) is 16.0 Å². The molecule has 2 rings (SSSR count). The van der Waals surface area contributed by atoms with Crippen LogP contribution in [0.25, 0.3) is 0 Å². The van der Waals surface area contributed by atoms with Crippen molar-refractivity contribution in [3.05, 3.63) is 33.8 Å². The van der Waals surface area contributed by atoms with Gasteiger partial charge in [-0.15, -0.1) is 0 Å². The lowest BCUT2D eigenvalue weighted by Gasteiger charge is -2.14. The SMILES string of the molecule is CN=C(NCCC(=O)NC1CCCC1)NCc1ccc(Cl)cc1Cl. The summed E-state index contributed by atoms with van der Waals surface area (Å²) in [6.07, 6.45) is 5.06. The van der Waals surface area contributed by atoms with E-state index < -0.39 is 0 Å². The molecule has 0 atom stereocenters. The lowest BCUT2D eigenvalue weighted by Crippen LogP contribution is -2.40. The summed E-state index contributed by atoms with van der Waals surface area (Å²) >= 11 is 12.0. The molecule has 132 valence electrons. The lowest BCUT2D eigenvalue weighted by atomic mass is 10.2. The molecule has 0 aliphatic heterocycles. The number of aliphatic imine (C=N–C) groups is 1. The fourth-order valence-corrected chi connectivity index (χ4v) is 3.20. The first-order valence-electron chi connectivity index (χ1n) is 8.26. The van der Waals surface area contributed by atoms with Crippen LogP contribution in [0.2, 0.25) is 10.0 Å². The van der Waals surface area contributed by atoms with Gasteiger partial charge < -0.3 is 16.0 Å². The first kappa shape index (κ1) is 18.9. The average molecular weight is 371 g/mol. The Balaban J connectivity index is 1.69. The number of hydrogen-bond acceptors (Lipinski definition) is 2. The Kier molecular flexibility index (Phi) is 7.66. The molecule has 3 N–H and O–H groups in total. The van der Waals surface area contributed by atoms with Gasteiger partial charge in [0.05, 0.1) is 0 Å². The Morgan fingerprint density at radius 3 is 2.67 bits per heavy atom. The topological polar surface area (TPSA) is 65.5 Å². The van der Waals surface area contributed by atoms with Crippen LogP contribution >= 0.6 is 23.2 Å². The zero-order chi connectivity index (χ0) is 17.4. The highest BCUT2D eigenvalue weighted by atomic mass is 35.5. The van der Waals surface area contributed by atoms with Crippen LogP contribution in [0.4, 0.5) is 0 Å². The number of rotatable bonds is 6. The van der Waals surface area contributed by atoms with Gasteiger partial charge in [-0.1, -0.05) is 42.1 Å². The number of amides is 1. The van der Waals surface area contributed by atoms with Gasteiger partial charge >= 0.3 is 0 Å². The van der Waals surface area contributed by atoms with Gasteiger partial charge in [0, 0.05) is 42.6 Å². The molecule has 0 saturated heterocycles. The van der Waals surface area contributed by atoms with Crippen LogP contribution in [-0.4, -0.2) is 31.5 Å². The van der Waals surface area contributed by atoms with Crippen LogP contribution in [-0.2, 0) is 11.3 Å². The van der Waals surface area contributed by atoms with Crippen LogP contribution in [0.15, 0.2) is 23.2 Å². The maximum atomic E-state index is 11.9. The van der Waals surface area contributed by atoms with Crippen LogP contribution in [0.5, 0.6) is 0 Å². The van der Waals surface area contributed by atoms with Crippen molar-refractivity contribution in [3.63, 3.8) is 0 Å². The van der Waals surface area contributed by atoms with Crippen molar-refractivity contribution >= 4 is 35.1 Å². The molecule has 0 heterocycles. The molecule has 1 aliphatic carbocycles. The summed E-state index contributed by atoms with van der Waals surface area (Å²) in [6.45, 7) is 1.07. The van der Waals surface area contributed by atoms with E-state index in [0.717, 1.165) is 18.4 Å². The highest BCUT2D eigenvalue weighted by Gasteiger charge is 2.16. The van der Waals surface area contributed by atoms with Crippen molar-refractivity contribution in [3.8, 4) is 0 Å². The van der Waals surface area contributed by atoms with Gasteiger partial charge in [0.25, 0.3) is 0 Å². The molecule has 0 aromatic heterocycles.